The molecular formula is C23H30N3O3+. The van der Waals surface area contributed by atoms with Crippen LogP contribution < -0.4 is 10.2 Å². The summed E-state index contributed by atoms with van der Waals surface area (Å²) >= 11 is 0. The Morgan fingerprint density at radius 3 is 2.28 bits per heavy atom. The number of piperazine rings is 1. The molecular weight excluding hydrogens is 366 g/mol. The Labute approximate surface area is 172 Å². The summed E-state index contributed by atoms with van der Waals surface area (Å²) < 4.78 is 5.05. The third-order valence-corrected chi connectivity index (χ3v) is 5.23. The minimum Gasteiger partial charge on any atom is -0.450 e. The fourth-order valence-electron chi connectivity index (χ4n) is 3.66. The van der Waals surface area contributed by atoms with Crippen molar-refractivity contribution in [3.63, 3.8) is 0 Å². The minimum atomic E-state index is -0.261. The summed E-state index contributed by atoms with van der Waals surface area (Å²) in [5.41, 5.74) is 2.30. The van der Waals surface area contributed by atoms with Gasteiger partial charge in [0.2, 0.25) is 0 Å². The van der Waals surface area contributed by atoms with Crippen molar-refractivity contribution in [2.75, 3.05) is 39.3 Å². The fraction of sp³-hybridized carbons (Fsp3) is 0.391. The average Bonchev–Trinajstić information content (AvgIpc) is 2.75. The predicted octanol–water partition coefficient (Wildman–Crippen LogP) is 1.44. The molecule has 0 saturated carbocycles. The van der Waals surface area contributed by atoms with E-state index in [4.69, 9.17) is 4.74 Å². The molecule has 2 aromatic rings. The maximum Gasteiger partial charge on any atom is 0.410 e. The molecule has 154 valence electrons. The topological polar surface area (TPSA) is 63.1 Å². The largest absolute Gasteiger partial charge is 0.450 e. The lowest BCUT2D eigenvalue weighted by atomic mass is 9.99. The van der Waals surface area contributed by atoms with E-state index in [2.05, 4.69) is 29.6 Å². The monoisotopic (exact) mass is 396 g/mol. The minimum absolute atomic E-state index is 0.0365. The number of nitrogens with one attached hydrogen (secondary N) is 2. The van der Waals surface area contributed by atoms with Gasteiger partial charge < -0.3 is 15.0 Å². The van der Waals surface area contributed by atoms with E-state index in [0.717, 1.165) is 25.1 Å². The molecule has 29 heavy (non-hydrogen) atoms. The molecule has 2 N–H and O–H groups in total. The maximum atomic E-state index is 12.8. The highest BCUT2D eigenvalue weighted by molar-refractivity contribution is 5.77. The predicted molar refractivity (Wildman–Crippen MR) is 112 cm³/mol. The van der Waals surface area contributed by atoms with Crippen molar-refractivity contribution in [1.29, 1.82) is 0 Å². The van der Waals surface area contributed by atoms with Crippen LogP contribution in [0.3, 0.4) is 0 Å². The molecule has 1 heterocycles. The third-order valence-electron chi connectivity index (χ3n) is 5.23. The second-order valence-corrected chi connectivity index (χ2v) is 7.33. The van der Waals surface area contributed by atoms with Crippen LogP contribution in [0.5, 0.6) is 0 Å². The van der Waals surface area contributed by atoms with Crippen LogP contribution in [-0.2, 0) is 16.0 Å². The average molecular weight is 397 g/mol. The molecule has 0 bridgehead atoms. The zero-order chi connectivity index (χ0) is 20.5. The Balaban J connectivity index is 1.56. The SMILES string of the molecule is CCOC(=O)N1CC[NH+](CC(=O)N[C@H](Cc2ccccc2)c2ccccc2)CC1. The van der Waals surface area contributed by atoms with E-state index in [0.29, 0.717) is 26.2 Å². The van der Waals surface area contributed by atoms with Crippen molar-refractivity contribution in [3.8, 4) is 0 Å². The molecule has 2 amide bonds. The molecule has 0 radical (unpaired) electrons. The van der Waals surface area contributed by atoms with E-state index in [1.807, 2.05) is 43.3 Å². The number of carbonyl (C=O) groups excluding carboxylic acids is 2. The molecule has 1 saturated heterocycles. The molecule has 1 aliphatic rings. The Hall–Kier alpha value is -2.86. The van der Waals surface area contributed by atoms with Gasteiger partial charge in [0.05, 0.1) is 38.8 Å². The van der Waals surface area contributed by atoms with Gasteiger partial charge in [-0.05, 0) is 24.5 Å². The first kappa shape index (κ1) is 20.9. The van der Waals surface area contributed by atoms with Crippen LogP contribution in [0.1, 0.15) is 24.1 Å². The van der Waals surface area contributed by atoms with Gasteiger partial charge in [0.15, 0.2) is 6.54 Å². The smallest absolute Gasteiger partial charge is 0.410 e. The summed E-state index contributed by atoms with van der Waals surface area (Å²) in [7, 11) is 0. The number of nitrogens with zero attached hydrogens (tertiary/aromatic N) is 1. The van der Waals surface area contributed by atoms with Gasteiger partial charge in [-0.3, -0.25) is 9.69 Å². The van der Waals surface area contributed by atoms with Gasteiger partial charge >= 0.3 is 6.09 Å². The highest BCUT2D eigenvalue weighted by atomic mass is 16.6. The second kappa shape index (κ2) is 10.6. The van der Waals surface area contributed by atoms with Gasteiger partial charge in [-0.2, -0.15) is 0 Å². The summed E-state index contributed by atoms with van der Waals surface area (Å²) in [4.78, 5) is 27.5. The maximum absolute atomic E-state index is 12.8. The summed E-state index contributed by atoms with van der Waals surface area (Å²) in [5, 5.41) is 3.22. The van der Waals surface area contributed by atoms with Crippen molar-refractivity contribution in [2.45, 2.75) is 19.4 Å². The van der Waals surface area contributed by atoms with Gasteiger partial charge in [0, 0.05) is 0 Å². The summed E-state index contributed by atoms with van der Waals surface area (Å²) in [6.45, 7) is 5.34. The summed E-state index contributed by atoms with van der Waals surface area (Å²) in [6, 6.07) is 20.2. The lowest BCUT2D eigenvalue weighted by Gasteiger charge is -2.31. The Bertz CT molecular complexity index is 774. The zero-order valence-electron chi connectivity index (χ0n) is 17.0. The van der Waals surface area contributed by atoms with Crippen LogP contribution >= 0.6 is 0 Å². The first-order valence-electron chi connectivity index (χ1n) is 10.3. The van der Waals surface area contributed by atoms with Crippen molar-refractivity contribution in [3.05, 3.63) is 71.8 Å². The van der Waals surface area contributed by atoms with Gasteiger partial charge in [-0.25, -0.2) is 4.79 Å². The normalized spacial score (nSPS) is 15.6. The van der Waals surface area contributed by atoms with E-state index >= 15 is 0 Å². The van der Waals surface area contributed by atoms with E-state index in [1.165, 1.54) is 10.5 Å². The van der Waals surface area contributed by atoms with Crippen LogP contribution in [0.25, 0.3) is 0 Å². The first-order valence-corrected chi connectivity index (χ1v) is 10.3. The number of benzene rings is 2. The van der Waals surface area contributed by atoms with Crippen LogP contribution in [0.4, 0.5) is 4.79 Å². The van der Waals surface area contributed by atoms with E-state index in [1.54, 1.807) is 4.90 Å². The number of hydrogen-bond donors (Lipinski definition) is 2. The standard InChI is InChI=1S/C23H29N3O3/c1-2-29-23(28)26-15-13-25(14-16-26)18-22(27)24-21(20-11-7-4-8-12-20)17-19-9-5-3-6-10-19/h3-12,21H,2,13-18H2,1H3,(H,24,27)/p+1/t21-/m1/s1. The number of amides is 2. The van der Waals surface area contributed by atoms with E-state index in [-0.39, 0.29) is 18.0 Å². The van der Waals surface area contributed by atoms with Gasteiger partial charge in [-0.1, -0.05) is 60.7 Å². The zero-order valence-corrected chi connectivity index (χ0v) is 17.0. The number of quaternary nitrogens is 1. The fourth-order valence-corrected chi connectivity index (χ4v) is 3.66. The number of rotatable bonds is 7. The van der Waals surface area contributed by atoms with Crippen molar-refractivity contribution < 1.29 is 19.2 Å². The van der Waals surface area contributed by atoms with Crippen molar-refractivity contribution >= 4 is 12.0 Å². The highest BCUT2D eigenvalue weighted by Gasteiger charge is 2.26. The van der Waals surface area contributed by atoms with Crippen LogP contribution in [0.15, 0.2) is 60.7 Å². The molecule has 0 aromatic heterocycles. The van der Waals surface area contributed by atoms with Crippen molar-refractivity contribution in [1.82, 2.24) is 10.2 Å². The quantitative estimate of drug-likeness (QED) is 0.745. The van der Waals surface area contributed by atoms with Crippen LogP contribution in [-0.4, -0.2) is 56.2 Å². The molecule has 0 spiro atoms. The van der Waals surface area contributed by atoms with Gasteiger partial charge in [0.25, 0.3) is 5.91 Å². The Morgan fingerprint density at radius 1 is 1.03 bits per heavy atom. The summed E-state index contributed by atoms with van der Waals surface area (Å²) in [6.07, 6.45) is 0.491. The van der Waals surface area contributed by atoms with E-state index < -0.39 is 0 Å². The molecule has 0 aliphatic carbocycles. The highest BCUT2D eigenvalue weighted by Crippen LogP contribution is 2.18. The van der Waals surface area contributed by atoms with Gasteiger partial charge in [-0.15, -0.1) is 0 Å². The lowest BCUT2D eigenvalue weighted by Crippen LogP contribution is -3.15. The molecule has 1 atom stereocenters. The first-order chi connectivity index (χ1) is 14.2. The number of hydrogen-bond acceptors (Lipinski definition) is 3. The molecule has 6 heteroatoms. The second-order valence-electron chi connectivity index (χ2n) is 7.33. The van der Waals surface area contributed by atoms with Gasteiger partial charge in [0.1, 0.15) is 0 Å². The Morgan fingerprint density at radius 2 is 1.66 bits per heavy atom. The molecule has 6 nitrogen and oxygen atoms in total. The molecule has 2 aromatic carbocycles. The molecule has 0 unspecified atom stereocenters. The molecule has 1 aliphatic heterocycles. The van der Waals surface area contributed by atoms with Crippen LogP contribution in [0.2, 0.25) is 0 Å². The lowest BCUT2D eigenvalue weighted by molar-refractivity contribution is -0.896. The molecule has 3 rings (SSSR count). The molecule has 1 fully saturated rings. The number of ether oxygens (including phenoxy) is 1. The summed E-state index contributed by atoms with van der Waals surface area (Å²) in [5.74, 6) is 0.0365. The van der Waals surface area contributed by atoms with Crippen molar-refractivity contribution in [2.24, 2.45) is 0 Å². The third kappa shape index (κ3) is 6.32. The van der Waals surface area contributed by atoms with E-state index in [9.17, 15) is 9.59 Å². The van der Waals surface area contributed by atoms with Crippen LogP contribution in [0, 0.1) is 0 Å². The number of carbonyl (C=O) groups is 2. The Kier molecular flexibility index (Phi) is 7.64.